The molecule has 0 fully saturated rings. The van der Waals surface area contributed by atoms with Gasteiger partial charge in [0.05, 0.1) is 12.2 Å². The van der Waals surface area contributed by atoms with Crippen LogP contribution in [0.4, 0.5) is 0 Å². The average molecular weight is 239 g/mol. The van der Waals surface area contributed by atoms with Crippen molar-refractivity contribution in [2.75, 3.05) is 13.6 Å². The molecular formula is C13H25N3O. The van der Waals surface area contributed by atoms with E-state index in [0.717, 1.165) is 43.9 Å². The van der Waals surface area contributed by atoms with Gasteiger partial charge in [0.15, 0.2) is 5.76 Å². The van der Waals surface area contributed by atoms with Crippen molar-refractivity contribution in [1.82, 2.24) is 15.4 Å². The maximum Gasteiger partial charge on any atom is 0.151 e. The van der Waals surface area contributed by atoms with Crippen LogP contribution < -0.4 is 5.32 Å². The van der Waals surface area contributed by atoms with Gasteiger partial charge in [0, 0.05) is 18.7 Å². The Morgan fingerprint density at radius 1 is 1.47 bits per heavy atom. The number of hydrogen-bond acceptors (Lipinski definition) is 4. The molecule has 0 saturated heterocycles. The minimum absolute atomic E-state index is 0.571. The molecule has 0 bridgehead atoms. The van der Waals surface area contributed by atoms with Crippen molar-refractivity contribution in [2.24, 2.45) is 0 Å². The fraction of sp³-hybridized carbons (Fsp3) is 0.769. The normalized spacial score (nSPS) is 13.2. The minimum Gasteiger partial charge on any atom is -0.360 e. The van der Waals surface area contributed by atoms with Crippen molar-refractivity contribution in [2.45, 2.75) is 52.7 Å². The zero-order valence-corrected chi connectivity index (χ0v) is 11.5. The van der Waals surface area contributed by atoms with Crippen LogP contribution in [0.2, 0.25) is 0 Å². The summed E-state index contributed by atoms with van der Waals surface area (Å²) in [5, 5.41) is 7.38. The van der Waals surface area contributed by atoms with E-state index in [2.05, 4.69) is 43.2 Å². The van der Waals surface area contributed by atoms with E-state index in [4.69, 9.17) is 4.52 Å². The van der Waals surface area contributed by atoms with E-state index in [1.807, 2.05) is 6.07 Å². The second kappa shape index (κ2) is 7.45. The number of nitrogens with one attached hydrogen (secondary N) is 1. The van der Waals surface area contributed by atoms with E-state index in [1.165, 1.54) is 0 Å². The number of nitrogens with zero attached hydrogens (tertiary/aromatic N) is 2. The Morgan fingerprint density at radius 3 is 2.88 bits per heavy atom. The molecule has 1 N–H and O–H groups in total. The summed E-state index contributed by atoms with van der Waals surface area (Å²) in [6.45, 7) is 9.22. The number of aromatic nitrogens is 1. The van der Waals surface area contributed by atoms with Crippen molar-refractivity contribution in [1.29, 1.82) is 0 Å². The molecule has 4 nitrogen and oxygen atoms in total. The van der Waals surface area contributed by atoms with Crippen LogP contribution in [-0.4, -0.2) is 29.7 Å². The molecule has 1 aromatic rings. The van der Waals surface area contributed by atoms with Crippen LogP contribution in [0.3, 0.4) is 0 Å². The molecule has 0 aromatic carbocycles. The van der Waals surface area contributed by atoms with E-state index in [0.29, 0.717) is 6.04 Å². The summed E-state index contributed by atoms with van der Waals surface area (Å²) in [5.41, 5.74) is 0.992. The fourth-order valence-electron chi connectivity index (χ4n) is 1.62. The van der Waals surface area contributed by atoms with Gasteiger partial charge >= 0.3 is 0 Å². The fourth-order valence-corrected chi connectivity index (χ4v) is 1.62. The van der Waals surface area contributed by atoms with Gasteiger partial charge in [0.2, 0.25) is 0 Å². The molecule has 1 atom stereocenters. The molecule has 1 rings (SSSR count). The molecule has 1 heterocycles. The lowest BCUT2D eigenvalue weighted by Gasteiger charge is -2.21. The van der Waals surface area contributed by atoms with Crippen LogP contribution in [0.5, 0.6) is 0 Å². The van der Waals surface area contributed by atoms with Crippen LogP contribution in [0.15, 0.2) is 10.6 Å². The third kappa shape index (κ3) is 4.88. The van der Waals surface area contributed by atoms with Gasteiger partial charge in [-0.2, -0.15) is 0 Å². The predicted molar refractivity (Wildman–Crippen MR) is 69.7 cm³/mol. The topological polar surface area (TPSA) is 41.3 Å². The molecule has 1 unspecified atom stereocenters. The summed E-state index contributed by atoms with van der Waals surface area (Å²) in [4.78, 5) is 2.28. The lowest BCUT2D eigenvalue weighted by atomic mass is 10.2. The molecule has 98 valence electrons. The molecule has 4 heteroatoms. The highest BCUT2D eigenvalue weighted by Crippen LogP contribution is 2.09. The van der Waals surface area contributed by atoms with E-state index in [-0.39, 0.29) is 0 Å². The Labute approximate surface area is 104 Å². The molecule has 0 aliphatic carbocycles. The number of rotatable bonds is 8. The molecule has 0 aliphatic rings. The minimum atomic E-state index is 0.571. The molecule has 17 heavy (non-hydrogen) atoms. The molecule has 0 aliphatic heterocycles. The molecule has 0 saturated carbocycles. The van der Waals surface area contributed by atoms with Crippen LogP contribution in [0, 0.1) is 0 Å². The van der Waals surface area contributed by atoms with Crippen LogP contribution >= 0.6 is 0 Å². The van der Waals surface area contributed by atoms with Gasteiger partial charge in [-0.1, -0.05) is 19.0 Å². The third-order valence-corrected chi connectivity index (χ3v) is 3.09. The second-order valence-electron chi connectivity index (χ2n) is 4.63. The summed E-state index contributed by atoms with van der Waals surface area (Å²) in [6.07, 6.45) is 2.29. The van der Waals surface area contributed by atoms with Crippen molar-refractivity contribution in [3.63, 3.8) is 0 Å². The van der Waals surface area contributed by atoms with E-state index < -0.39 is 0 Å². The van der Waals surface area contributed by atoms with E-state index in [1.54, 1.807) is 0 Å². The first-order valence-corrected chi connectivity index (χ1v) is 6.52. The van der Waals surface area contributed by atoms with Gasteiger partial charge in [0.25, 0.3) is 0 Å². The van der Waals surface area contributed by atoms with Crippen molar-refractivity contribution in [3.8, 4) is 0 Å². The Bertz CT molecular complexity index is 311. The standard InChI is InChI=1S/C13H25N3O/c1-5-7-14-9-12-8-13(17-15-12)10-16(4)11(3)6-2/h8,11,14H,5-7,9-10H2,1-4H3. The average Bonchev–Trinajstić information content (AvgIpc) is 2.76. The quantitative estimate of drug-likeness (QED) is 0.707. The van der Waals surface area contributed by atoms with Gasteiger partial charge in [-0.25, -0.2) is 0 Å². The van der Waals surface area contributed by atoms with Crippen LogP contribution in [0.25, 0.3) is 0 Å². The first-order chi connectivity index (χ1) is 8.17. The van der Waals surface area contributed by atoms with Gasteiger partial charge < -0.3 is 9.84 Å². The van der Waals surface area contributed by atoms with Crippen LogP contribution in [-0.2, 0) is 13.1 Å². The Morgan fingerprint density at radius 2 is 2.24 bits per heavy atom. The summed E-state index contributed by atoms with van der Waals surface area (Å²) in [5.74, 6) is 0.945. The Hall–Kier alpha value is -0.870. The Balaban J connectivity index is 2.39. The molecule has 0 spiro atoms. The van der Waals surface area contributed by atoms with Gasteiger partial charge in [-0.05, 0) is 33.4 Å². The molecule has 0 amide bonds. The highest BCUT2D eigenvalue weighted by Gasteiger charge is 2.11. The predicted octanol–water partition coefficient (Wildman–Crippen LogP) is 2.40. The van der Waals surface area contributed by atoms with Crippen molar-refractivity contribution >= 4 is 0 Å². The van der Waals surface area contributed by atoms with Crippen LogP contribution in [0.1, 0.15) is 45.1 Å². The highest BCUT2D eigenvalue weighted by molar-refractivity contribution is 5.05. The van der Waals surface area contributed by atoms with Crippen molar-refractivity contribution in [3.05, 3.63) is 17.5 Å². The van der Waals surface area contributed by atoms with Gasteiger partial charge in [-0.3, -0.25) is 4.90 Å². The smallest absolute Gasteiger partial charge is 0.151 e. The summed E-state index contributed by atoms with van der Waals surface area (Å²) in [6, 6.07) is 2.61. The zero-order valence-electron chi connectivity index (χ0n) is 11.5. The lowest BCUT2D eigenvalue weighted by Crippen LogP contribution is -2.27. The maximum absolute atomic E-state index is 5.33. The SMILES string of the molecule is CCCNCc1cc(CN(C)C(C)CC)on1. The monoisotopic (exact) mass is 239 g/mol. The summed E-state index contributed by atoms with van der Waals surface area (Å²) >= 11 is 0. The molecule has 0 radical (unpaired) electrons. The van der Waals surface area contributed by atoms with E-state index in [9.17, 15) is 0 Å². The number of hydrogen-bond donors (Lipinski definition) is 1. The van der Waals surface area contributed by atoms with Crippen molar-refractivity contribution < 1.29 is 4.52 Å². The first kappa shape index (κ1) is 14.2. The second-order valence-corrected chi connectivity index (χ2v) is 4.63. The Kier molecular flexibility index (Phi) is 6.22. The van der Waals surface area contributed by atoms with Gasteiger partial charge in [-0.15, -0.1) is 0 Å². The highest BCUT2D eigenvalue weighted by atomic mass is 16.5. The largest absolute Gasteiger partial charge is 0.360 e. The van der Waals surface area contributed by atoms with Gasteiger partial charge in [0.1, 0.15) is 0 Å². The summed E-state index contributed by atoms with van der Waals surface area (Å²) in [7, 11) is 2.12. The third-order valence-electron chi connectivity index (χ3n) is 3.09. The first-order valence-electron chi connectivity index (χ1n) is 6.52. The summed E-state index contributed by atoms with van der Waals surface area (Å²) < 4.78 is 5.33. The zero-order chi connectivity index (χ0) is 12.7. The molecule has 1 aromatic heterocycles. The lowest BCUT2D eigenvalue weighted by molar-refractivity contribution is 0.214. The maximum atomic E-state index is 5.33. The molecular weight excluding hydrogens is 214 g/mol. The van der Waals surface area contributed by atoms with E-state index >= 15 is 0 Å².